The van der Waals surface area contributed by atoms with Crippen molar-refractivity contribution in [2.75, 3.05) is 12.1 Å². The summed E-state index contributed by atoms with van der Waals surface area (Å²) in [6.45, 7) is 0.191. The minimum atomic E-state index is -0.404. The third-order valence-corrected chi connectivity index (χ3v) is 3.90. The molecule has 2 N–H and O–H groups in total. The fourth-order valence-corrected chi connectivity index (χ4v) is 2.66. The lowest BCUT2D eigenvalue weighted by molar-refractivity contribution is -0.115. The fourth-order valence-electron chi connectivity index (χ4n) is 2.66. The Hall–Kier alpha value is -3.35. The molecule has 0 aliphatic carbocycles. The van der Waals surface area contributed by atoms with Gasteiger partial charge in [-0.1, -0.05) is 24.3 Å². The number of hydrogen-bond acceptors (Lipinski definition) is 4. The molecule has 0 radical (unpaired) electrons. The van der Waals surface area contributed by atoms with Gasteiger partial charge in [-0.2, -0.15) is 5.10 Å². The highest BCUT2D eigenvalue weighted by atomic mass is 19.1. The van der Waals surface area contributed by atoms with Crippen molar-refractivity contribution in [2.24, 2.45) is 0 Å². The molecule has 126 valence electrons. The van der Waals surface area contributed by atoms with E-state index >= 15 is 0 Å². The van der Waals surface area contributed by atoms with E-state index in [1.807, 2.05) is 12.1 Å². The lowest BCUT2D eigenvalue weighted by atomic mass is 10.1. The summed E-state index contributed by atoms with van der Waals surface area (Å²) < 4.78 is 24.3. The van der Waals surface area contributed by atoms with Crippen molar-refractivity contribution in [1.82, 2.24) is 10.2 Å². The van der Waals surface area contributed by atoms with Crippen LogP contribution >= 0.6 is 0 Å². The molecule has 1 aliphatic rings. The van der Waals surface area contributed by atoms with E-state index in [9.17, 15) is 9.18 Å². The molecule has 7 heteroatoms. The van der Waals surface area contributed by atoms with Gasteiger partial charge in [0.05, 0.1) is 12.6 Å². The monoisotopic (exact) mass is 339 g/mol. The average Bonchev–Trinajstić information content (AvgIpc) is 3.25. The molecule has 0 bridgehead atoms. The van der Waals surface area contributed by atoms with Crippen LogP contribution in [0.4, 0.5) is 10.2 Å². The molecular formula is C18H14FN3O3. The van der Waals surface area contributed by atoms with Crippen LogP contribution in [0, 0.1) is 5.82 Å². The normalized spacial score (nSPS) is 12.2. The van der Waals surface area contributed by atoms with Crippen molar-refractivity contribution in [2.45, 2.75) is 6.42 Å². The second-order valence-corrected chi connectivity index (χ2v) is 5.54. The molecule has 0 saturated carbocycles. The topological polar surface area (TPSA) is 76.2 Å². The lowest BCUT2D eigenvalue weighted by Crippen LogP contribution is -2.16. The summed E-state index contributed by atoms with van der Waals surface area (Å²) in [6.07, 6.45) is 1.54. The second kappa shape index (κ2) is 6.27. The Morgan fingerprint density at radius 3 is 2.92 bits per heavy atom. The van der Waals surface area contributed by atoms with Gasteiger partial charge in [0.15, 0.2) is 11.5 Å². The molecule has 4 rings (SSSR count). The van der Waals surface area contributed by atoms with Gasteiger partial charge in [0, 0.05) is 5.56 Å². The number of carbonyl (C=O) groups excluding carboxylic acids is 1. The maximum absolute atomic E-state index is 13.7. The molecule has 0 atom stereocenters. The molecular weight excluding hydrogens is 325 g/mol. The zero-order valence-electron chi connectivity index (χ0n) is 13.1. The van der Waals surface area contributed by atoms with Gasteiger partial charge >= 0.3 is 0 Å². The van der Waals surface area contributed by atoms with Gasteiger partial charge in [-0.05, 0) is 29.3 Å². The van der Waals surface area contributed by atoms with Gasteiger partial charge in [0.2, 0.25) is 12.7 Å². The quantitative estimate of drug-likeness (QED) is 0.766. The SMILES string of the molecule is O=C(Cc1ccccc1F)Nc1[nH]ncc1-c1ccc2c(c1)OCO2. The number of amides is 1. The van der Waals surface area contributed by atoms with Gasteiger partial charge in [-0.3, -0.25) is 9.89 Å². The first-order valence-electron chi connectivity index (χ1n) is 7.67. The highest BCUT2D eigenvalue weighted by Crippen LogP contribution is 2.37. The molecule has 0 spiro atoms. The number of carbonyl (C=O) groups is 1. The van der Waals surface area contributed by atoms with E-state index in [1.54, 1.807) is 30.5 Å². The smallest absolute Gasteiger partial charge is 0.231 e. The van der Waals surface area contributed by atoms with E-state index in [-0.39, 0.29) is 19.1 Å². The Morgan fingerprint density at radius 2 is 2.04 bits per heavy atom. The predicted octanol–water partition coefficient (Wildman–Crippen LogP) is 3.13. The summed E-state index contributed by atoms with van der Waals surface area (Å²) in [5.74, 6) is 1.02. The number of nitrogens with zero attached hydrogens (tertiary/aromatic N) is 1. The first-order valence-corrected chi connectivity index (χ1v) is 7.67. The maximum atomic E-state index is 13.7. The number of fused-ring (bicyclic) bond motifs is 1. The molecule has 6 nitrogen and oxygen atoms in total. The number of aromatic nitrogens is 2. The maximum Gasteiger partial charge on any atom is 0.231 e. The average molecular weight is 339 g/mol. The summed E-state index contributed by atoms with van der Waals surface area (Å²) in [5.41, 5.74) is 1.86. The zero-order valence-corrected chi connectivity index (χ0v) is 13.1. The summed E-state index contributed by atoms with van der Waals surface area (Å²) in [4.78, 5) is 12.2. The van der Waals surface area contributed by atoms with E-state index < -0.39 is 5.82 Å². The summed E-state index contributed by atoms with van der Waals surface area (Å²) in [7, 11) is 0. The number of benzene rings is 2. The van der Waals surface area contributed by atoms with Crippen LogP contribution in [-0.2, 0) is 11.2 Å². The molecule has 2 heterocycles. The lowest BCUT2D eigenvalue weighted by Gasteiger charge is -2.07. The molecule has 0 fully saturated rings. The van der Waals surface area contributed by atoms with E-state index in [0.29, 0.717) is 28.4 Å². The van der Waals surface area contributed by atoms with Gasteiger partial charge in [-0.15, -0.1) is 0 Å². The molecule has 3 aromatic rings. The Morgan fingerprint density at radius 1 is 1.20 bits per heavy atom. The second-order valence-electron chi connectivity index (χ2n) is 5.54. The van der Waals surface area contributed by atoms with Crippen LogP contribution in [0.2, 0.25) is 0 Å². The van der Waals surface area contributed by atoms with Crippen LogP contribution in [0.5, 0.6) is 11.5 Å². The fraction of sp³-hybridized carbons (Fsp3) is 0.111. The van der Waals surface area contributed by atoms with E-state index in [4.69, 9.17) is 9.47 Å². The number of anilines is 1. The van der Waals surface area contributed by atoms with Crippen molar-refractivity contribution in [3.05, 3.63) is 60.0 Å². The number of aromatic amines is 1. The molecule has 1 aromatic heterocycles. The van der Waals surface area contributed by atoms with Crippen molar-refractivity contribution in [3.8, 4) is 22.6 Å². The van der Waals surface area contributed by atoms with Gasteiger partial charge in [0.1, 0.15) is 11.6 Å². The number of ether oxygens (including phenoxy) is 2. The predicted molar refractivity (Wildman–Crippen MR) is 88.9 cm³/mol. The molecule has 25 heavy (non-hydrogen) atoms. The van der Waals surface area contributed by atoms with E-state index in [2.05, 4.69) is 15.5 Å². The zero-order chi connectivity index (χ0) is 17.2. The van der Waals surface area contributed by atoms with Crippen LogP contribution in [0.3, 0.4) is 0 Å². The minimum Gasteiger partial charge on any atom is -0.454 e. The number of H-pyrrole nitrogens is 1. The number of rotatable bonds is 4. The standard InChI is InChI=1S/C18H14FN3O3/c19-14-4-2-1-3-12(14)8-17(23)21-18-13(9-20-22-18)11-5-6-15-16(7-11)25-10-24-15/h1-7,9H,8,10H2,(H2,20,21,22,23). The Kier molecular flexibility index (Phi) is 3.81. The number of nitrogens with one attached hydrogen (secondary N) is 2. The summed E-state index contributed by atoms with van der Waals surface area (Å²) in [6, 6.07) is 11.7. The van der Waals surface area contributed by atoms with Crippen LogP contribution in [0.15, 0.2) is 48.7 Å². The van der Waals surface area contributed by atoms with E-state index in [1.165, 1.54) is 6.07 Å². The van der Waals surface area contributed by atoms with Gasteiger partial charge in [0.25, 0.3) is 0 Å². The molecule has 2 aromatic carbocycles. The van der Waals surface area contributed by atoms with Crippen molar-refractivity contribution in [3.63, 3.8) is 0 Å². The first kappa shape index (κ1) is 15.2. The van der Waals surface area contributed by atoms with Crippen LogP contribution in [0.25, 0.3) is 11.1 Å². The van der Waals surface area contributed by atoms with Gasteiger partial charge in [-0.25, -0.2) is 4.39 Å². The van der Waals surface area contributed by atoms with Crippen LogP contribution < -0.4 is 14.8 Å². The molecule has 1 amide bonds. The highest BCUT2D eigenvalue weighted by molar-refractivity contribution is 5.95. The summed E-state index contributed by atoms with van der Waals surface area (Å²) in [5, 5.41) is 9.48. The Balaban J connectivity index is 1.54. The third kappa shape index (κ3) is 3.03. The highest BCUT2D eigenvalue weighted by Gasteiger charge is 2.17. The Labute approximate surface area is 142 Å². The minimum absolute atomic E-state index is 0.0632. The summed E-state index contributed by atoms with van der Waals surface area (Å²) >= 11 is 0. The largest absolute Gasteiger partial charge is 0.454 e. The van der Waals surface area contributed by atoms with Crippen molar-refractivity contribution >= 4 is 11.7 Å². The number of halogens is 1. The van der Waals surface area contributed by atoms with Crippen LogP contribution in [0.1, 0.15) is 5.56 Å². The van der Waals surface area contributed by atoms with Gasteiger partial charge < -0.3 is 14.8 Å². The van der Waals surface area contributed by atoms with E-state index in [0.717, 1.165) is 5.56 Å². The molecule has 0 unspecified atom stereocenters. The van der Waals surface area contributed by atoms with Crippen molar-refractivity contribution < 1.29 is 18.7 Å². The van der Waals surface area contributed by atoms with Crippen molar-refractivity contribution in [1.29, 1.82) is 0 Å². The third-order valence-electron chi connectivity index (χ3n) is 3.90. The molecule has 0 saturated heterocycles. The Bertz CT molecular complexity index is 939. The van der Waals surface area contributed by atoms with Crippen LogP contribution in [-0.4, -0.2) is 22.9 Å². The first-order chi connectivity index (χ1) is 12.2. The number of hydrogen-bond donors (Lipinski definition) is 2. The molecule has 1 aliphatic heterocycles.